The average molecular weight is 219 g/mol. The lowest BCUT2D eigenvalue weighted by molar-refractivity contribution is 0.456. The molecule has 0 aliphatic rings. The Labute approximate surface area is 100 Å². The largest absolute Gasteiger partial charge is 0.330 e. The van der Waals surface area contributed by atoms with Crippen molar-refractivity contribution in [1.29, 1.82) is 0 Å². The third-order valence-corrected chi connectivity index (χ3v) is 3.67. The van der Waals surface area contributed by atoms with E-state index in [-0.39, 0.29) is 0 Å². The van der Waals surface area contributed by atoms with Gasteiger partial charge in [0.25, 0.3) is 0 Å². The summed E-state index contributed by atoms with van der Waals surface area (Å²) >= 11 is 0. The van der Waals surface area contributed by atoms with Crippen molar-refractivity contribution in [2.24, 2.45) is 11.7 Å². The molecule has 1 nitrogen and oxygen atoms in total. The summed E-state index contributed by atoms with van der Waals surface area (Å²) in [4.78, 5) is 0. The van der Waals surface area contributed by atoms with Crippen LogP contribution in [0.5, 0.6) is 0 Å². The van der Waals surface area contributed by atoms with Gasteiger partial charge in [-0.25, -0.2) is 0 Å². The van der Waals surface area contributed by atoms with Crippen LogP contribution in [0.4, 0.5) is 0 Å². The zero-order valence-corrected chi connectivity index (χ0v) is 11.3. The molecule has 0 saturated heterocycles. The lowest BCUT2D eigenvalue weighted by Gasteiger charge is -2.24. The van der Waals surface area contributed by atoms with Crippen molar-refractivity contribution in [3.63, 3.8) is 0 Å². The topological polar surface area (TPSA) is 26.0 Å². The van der Waals surface area contributed by atoms with Gasteiger partial charge in [0, 0.05) is 0 Å². The van der Waals surface area contributed by atoms with Crippen molar-refractivity contribution < 1.29 is 0 Å². The molecule has 0 aliphatic heterocycles. The predicted molar refractivity (Wildman–Crippen MR) is 71.9 cm³/mol. The van der Waals surface area contributed by atoms with Gasteiger partial charge in [0.15, 0.2) is 0 Å². The molecule has 0 saturated carbocycles. The van der Waals surface area contributed by atoms with E-state index in [1.165, 1.54) is 22.3 Å². The molecule has 1 rings (SSSR count). The molecule has 0 heterocycles. The van der Waals surface area contributed by atoms with Crippen LogP contribution in [-0.2, 0) is 0 Å². The Bertz CT molecular complexity index is 331. The smallest absolute Gasteiger partial charge is 0.00745 e. The first kappa shape index (κ1) is 13.2. The van der Waals surface area contributed by atoms with Gasteiger partial charge in [-0.15, -0.1) is 0 Å². The highest BCUT2D eigenvalue weighted by molar-refractivity contribution is 5.39. The average Bonchev–Trinajstić information content (AvgIpc) is 2.16. The number of benzene rings is 1. The molecule has 90 valence electrons. The van der Waals surface area contributed by atoms with E-state index in [1.807, 2.05) is 0 Å². The van der Waals surface area contributed by atoms with Gasteiger partial charge < -0.3 is 5.73 Å². The molecule has 0 fully saturated rings. The molecule has 2 atom stereocenters. The normalized spacial score (nSPS) is 14.9. The van der Waals surface area contributed by atoms with E-state index >= 15 is 0 Å². The maximum atomic E-state index is 5.65. The van der Waals surface area contributed by atoms with E-state index in [4.69, 9.17) is 5.73 Å². The second kappa shape index (κ2) is 5.49. The third kappa shape index (κ3) is 2.85. The van der Waals surface area contributed by atoms with Gasteiger partial charge in [-0.05, 0) is 62.3 Å². The van der Waals surface area contributed by atoms with Gasteiger partial charge in [-0.2, -0.15) is 0 Å². The van der Waals surface area contributed by atoms with Crippen LogP contribution in [0.2, 0.25) is 0 Å². The molecule has 2 unspecified atom stereocenters. The molecule has 1 aromatic carbocycles. The summed E-state index contributed by atoms with van der Waals surface area (Å²) in [5, 5.41) is 0. The third-order valence-electron chi connectivity index (χ3n) is 3.67. The summed E-state index contributed by atoms with van der Waals surface area (Å²) in [6, 6.07) is 4.57. The monoisotopic (exact) mass is 219 g/mol. The van der Waals surface area contributed by atoms with E-state index < -0.39 is 0 Å². The highest BCUT2D eigenvalue weighted by Crippen LogP contribution is 2.31. The van der Waals surface area contributed by atoms with Crippen molar-refractivity contribution in [1.82, 2.24) is 0 Å². The van der Waals surface area contributed by atoms with Gasteiger partial charge in [-0.3, -0.25) is 0 Å². The molecule has 16 heavy (non-hydrogen) atoms. The Kier molecular flexibility index (Phi) is 4.55. The molecule has 0 amide bonds. The molecule has 0 bridgehead atoms. The maximum absolute atomic E-state index is 5.65. The first-order valence-electron chi connectivity index (χ1n) is 6.25. The van der Waals surface area contributed by atoms with Crippen LogP contribution < -0.4 is 5.73 Å². The summed E-state index contributed by atoms with van der Waals surface area (Å²) in [5.74, 6) is 1.26. The van der Waals surface area contributed by atoms with Crippen molar-refractivity contribution >= 4 is 0 Å². The van der Waals surface area contributed by atoms with Crippen LogP contribution in [0.1, 0.15) is 48.4 Å². The molecule has 2 N–H and O–H groups in total. The number of rotatable bonds is 4. The minimum absolute atomic E-state index is 0.601. The number of aryl methyl sites for hydroxylation is 3. The predicted octanol–water partition coefficient (Wildman–Crippen LogP) is 3.70. The lowest BCUT2D eigenvalue weighted by atomic mass is 9.82. The minimum Gasteiger partial charge on any atom is -0.330 e. The first-order chi connectivity index (χ1) is 7.47. The fraction of sp³-hybridized carbons (Fsp3) is 0.600. The molecular weight excluding hydrogens is 194 g/mol. The van der Waals surface area contributed by atoms with Gasteiger partial charge in [0.1, 0.15) is 0 Å². The first-order valence-corrected chi connectivity index (χ1v) is 6.25. The Morgan fingerprint density at radius 1 is 1.06 bits per heavy atom. The van der Waals surface area contributed by atoms with Gasteiger partial charge >= 0.3 is 0 Å². The zero-order valence-electron chi connectivity index (χ0n) is 11.3. The maximum Gasteiger partial charge on any atom is -0.00745 e. The van der Waals surface area contributed by atoms with E-state index in [0.717, 1.165) is 13.0 Å². The van der Waals surface area contributed by atoms with Gasteiger partial charge in [-0.1, -0.05) is 31.5 Å². The Balaban J connectivity index is 3.03. The number of hydrogen-bond acceptors (Lipinski definition) is 1. The van der Waals surface area contributed by atoms with E-state index in [9.17, 15) is 0 Å². The SMILES string of the molecule is Cc1cc(C)c(C(C)C(C)CCN)c(C)c1. The van der Waals surface area contributed by atoms with Crippen molar-refractivity contribution in [2.75, 3.05) is 6.54 Å². The van der Waals surface area contributed by atoms with Crippen LogP contribution >= 0.6 is 0 Å². The summed E-state index contributed by atoms with van der Waals surface area (Å²) in [6.45, 7) is 12.0. The van der Waals surface area contributed by atoms with Crippen LogP contribution in [0.25, 0.3) is 0 Å². The van der Waals surface area contributed by atoms with Crippen molar-refractivity contribution in [3.8, 4) is 0 Å². The van der Waals surface area contributed by atoms with Crippen LogP contribution in [-0.4, -0.2) is 6.54 Å². The molecule has 0 spiro atoms. The number of nitrogens with two attached hydrogens (primary N) is 1. The van der Waals surface area contributed by atoms with Gasteiger partial charge in [0.05, 0.1) is 0 Å². The molecular formula is C15H25N. The zero-order chi connectivity index (χ0) is 12.3. The summed E-state index contributed by atoms with van der Waals surface area (Å²) in [5.41, 5.74) is 11.4. The minimum atomic E-state index is 0.601. The quantitative estimate of drug-likeness (QED) is 0.821. The summed E-state index contributed by atoms with van der Waals surface area (Å²) < 4.78 is 0. The van der Waals surface area contributed by atoms with Crippen LogP contribution in [0.3, 0.4) is 0 Å². The molecule has 0 aliphatic carbocycles. The van der Waals surface area contributed by atoms with Crippen LogP contribution in [0.15, 0.2) is 12.1 Å². The fourth-order valence-corrected chi connectivity index (χ4v) is 2.71. The number of hydrogen-bond donors (Lipinski definition) is 1. The van der Waals surface area contributed by atoms with Crippen molar-refractivity contribution in [3.05, 3.63) is 34.4 Å². The summed E-state index contributed by atoms with van der Waals surface area (Å²) in [6.07, 6.45) is 1.11. The molecule has 1 aromatic rings. The second-order valence-electron chi connectivity index (χ2n) is 5.16. The Morgan fingerprint density at radius 3 is 2.00 bits per heavy atom. The standard InChI is InChI=1S/C15H25N/c1-10-8-12(3)15(13(4)9-10)14(5)11(2)6-7-16/h8-9,11,14H,6-7,16H2,1-5H3. The van der Waals surface area contributed by atoms with Gasteiger partial charge in [0.2, 0.25) is 0 Å². The second-order valence-corrected chi connectivity index (χ2v) is 5.16. The Morgan fingerprint density at radius 2 is 1.56 bits per heavy atom. The van der Waals surface area contributed by atoms with E-state index in [2.05, 4.69) is 46.8 Å². The highest BCUT2D eigenvalue weighted by atomic mass is 14.5. The van der Waals surface area contributed by atoms with Crippen molar-refractivity contribution in [2.45, 2.75) is 47.0 Å². The fourth-order valence-electron chi connectivity index (χ4n) is 2.71. The highest BCUT2D eigenvalue weighted by Gasteiger charge is 2.17. The molecule has 0 aromatic heterocycles. The van der Waals surface area contributed by atoms with Crippen LogP contribution in [0, 0.1) is 26.7 Å². The molecule has 0 radical (unpaired) electrons. The Hall–Kier alpha value is -0.820. The lowest BCUT2D eigenvalue weighted by Crippen LogP contribution is -2.14. The van der Waals surface area contributed by atoms with E-state index in [1.54, 1.807) is 0 Å². The molecule has 1 heteroatoms. The van der Waals surface area contributed by atoms with E-state index in [0.29, 0.717) is 11.8 Å². The summed E-state index contributed by atoms with van der Waals surface area (Å²) in [7, 11) is 0.